The van der Waals surface area contributed by atoms with Crippen LogP contribution < -0.4 is 4.74 Å². The Kier molecular flexibility index (Phi) is 3.00. The smallest absolute Gasteiger partial charge is 0.314 e. The Morgan fingerprint density at radius 1 is 1.32 bits per heavy atom. The topological polar surface area (TPSA) is 46.5 Å². The molecule has 1 aromatic rings. The van der Waals surface area contributed by atoms with E-state index in [0.29, 0.717) is 0 Å². The van der Waals surface area contributed by atoms with Gasteiger partial charge in [0.05, 0.1) is 11.5 Å². The zero-order valence-corrected chi connectivity index (χ0v) is 11.3. The normalized spacial score (nSPS) is 21.3. The van der Waals surface area contributed by atoms with Gasteiger partial charge in [-0.2, -0.15) is 0 Å². The Bertz CT molecular complexity index is 497. The molecule has 0 aliphatic heterocycles. The van der Waals surface area contributed by atoms with Gasteiger partial charge in [-0.05, 0) is 57.1 Å². The first-order valence-corrected chi connectivity index (χ1v) is 7.14. The fourth-order valence-corrected chi connectivity index (χ4v) is 3.23. The summed E-state index contributed by atoms with van der Waals surface area (Å²) in [5, 5.41) is 9.51. The lowest BCUT2D eigenvalue weighted by atomic mass is 9.91. The summed E-state index contributed by atoms with van der Waals surface area (Å²) in [5.74, 6) is 0.0878. The molecule has 3 nitrogen and oxygen atoms in total. The van der Waals surface area contributed by atoms with Crippen molar-refractivity contribution < 1.29 is 14.6 Å². The first-order chi connectivity index (χ1) is 9.13. The minimum Gasteiger partial charge on any atom is -0.490 e. The standard InChI is InChI=1S/C16H20O3/c1-11-5-4-8-13(19-12-6-2-3-7-12)14(11)16(9-10-16)15(17)18/h4-5,8,12H,2-3,6-7,9-10H2,1H3,(H,17,18). The van der Waals surface area contributed by atoms with Crippen LogP contribution in [0.5, 0.6) is 5.75 Å². The highest BCUT2D eigenvalue weighted by molar-refractivity contribution is 5.86. The second-order valence-electron chi connectivity index (χ2n) is 5.86. The lowest BCUT2D eigenvalue weighted by molar-refractivity contribution is -0.140. The van der Waals surface area contributed by atoms with Crippen molar-refractivity contribution in [3.63, 3.8) is 0 Å². The van der Waals surface area contributed by atoms with E-state index in [2.05, 4.69) is 0 Å². The number of carbonyl (C=O) groups is 1. The number of carboxylic acids is 1. The van der Waals surface area contributed by atoms with Crippen LogP contribution >= 0.6 is 0 Å². The van der Waals surface area contributed by atoms with E-state index in [1.54, 1.807) is 0 Å². The summed E-state index contributed by atoms with van der Waals surface area (Å²) in [4.78, 5) is 11.6. The van der Waals surface area contributed by atoms with Gasteiger partial charge in [-0.15, -0.1) is 0 Å². The highest BCUT2D eigenvalue weighted by Crippen LogP contribution is 2.53. The second kappa shape index (κ2) is 4.55. The summed E-state index contributed by atoms with van der Waals surface area (Å²) >= 11 is 0. The van der Waals surface area contributed by atoms with Gasteiger partial charge in [-0.3, -0.25) is 4.79 Å². The van der Waals surface area contributed by atoms with E-state index in [1.165, 1.54) is 12.8 Å². The molecular weight excluding hydrogens is 240 g/mol. The van der Waals surface area contributed by atoms with E-state index in [0.717, 1.165) is 42.6 Å². The molecule has 0 bridgehead atoms. The number of benzene rings is 1. The molecule has 2 aliphatic carbocycles. The molecule has 0 unspecified atom stereocenters. The van der Waals surface area contributed by atoms with Crippen LogP contribution in [0.3, 0.4) is 0 Å². The minimum atomic E-state index is -0.710. The van der Waals surface area contributed by atoms with Gasteiger partial charge >= 0.3 is 5.97 Å². The zero-order valence-electron chi connectivity index (χ0n) is 11.3. The maximum absolute atomic E-state index is 11.6. The summed E-state index contributed by atoms with van der Waals surface area (Å²) in [5.41, 5.74) is 1.27. The zero-order chi connectivity index (χ0) is 13.5. The van der Waals surface area contributed by atoms with E-state index in [4.69, 9.17) is 4.74 Å². The minimum absolute atomic E-state index is 0.269. The van der Waals surface area contributed by atoms with Crippen LogP contribution in [0.25, 0.3) is 0 Å². The third-order valence-corrected chi connectivity index (χ3v) is 4.47. The average molecular weight is 260 g/mol. The molecule has 0 radical (unpaired) electrons. The van der Waals surface area contributed by atoms with Gasteiger partial charge in [0.15, 0.2) is 0 Å². The number of aliphatic carboxylic acids is 1. The first-order valence-electron chi connectivity index (χ1n) is 7.14. The van der Waals surface area contributed by atoms with Crippen molar-refractivity contribution in [1.82, 2.24) is 0 Å². The molecule has 19 heavy (non-hydrogen) atoms. The molecular formula is C16H20O3. The van der Waals surface area contributed by atoms with Gasteiger partial charge in [-0.25, -0.2) is 0 Å². The predicted molar refractivity (Wildman–Crippen MR) is 72.6 cm³/mol. The first kappa shape index (κ1) is 12.5. The van der Waals surface area contributed by atoms with Crippen molar-refractivity contribution in [3.05, 3.63) is 29.3 Å². The highest BCUT2D eigenvalue weighted by atomic mass is 16.5. The van der Waals surface area contributed by atoms with E-state index >= 15 is 0 Å². The number of carboxylic acid groups (broad SMARTS) is 1. The number of hydrogen-bond acceptors (Lipinski definition) is 2. The Hall–Kier alpha value is -1.51. The molecule has 3 heteroatoms. The Labute approximate surface area is 113 Å². The Balaban J connectivity index is 1.95. The fourth-order valence-electron chi connectivity index (χ4n) is 3.23. The Morgan fingerprint density at radius 2 is 2.00 bits per heavy atom. The van der Waals surface area contributed by atoms with Gasteiger partial charge in [-0.1, -0.05) is 12.1 Å². The Morgan fingerprint density at radius 3 is 2.58 bits per heavy atom. The summed E-state index contributed by atoms with van der Waals surface area (Å²) in [7, 11) is 0. The average Bonchev–Trinajstić information content (AvgIpc) is 3.01. The SMILES string of the molecule is Cc1cccc(OC2CCCC2)c1C1(C(=O)O)CC1. The van der Waals surface area contributed by atoms with Gasteiger partial charge in [0.25, 0.3) is 0 Å². The molecule has 2 saturated carbocycles. The summed E-state index contributed by atoms with van der Waals surface area (Å²) in [6.07, 6.45) is 6.35. The number of ether oxygens (including phenoxy) is 1. The monoisotopic (exact) mass is 260 g/mol. The van der Waals surface area contributed by atoms with Crippen molar-refractivity contribution in [2.75, 3.05) is 0 Å². The molecule has 0 saturated heterocycles. The summed E-state index contributed by atoms with van der Waals surface area (Å²) in [6.45, 7) is 1.99. The molecule has 3 rings (SSSR count). The van der Waals surface area contributed by atoms with Crippen molar-refractivity contribution in [3.8, 4) is 5.75 Å². The van der Waals surface area contributed by atoms with Gasteiger partial charge in [0.1, 0.15) is 5.75 Å². The van der Waals surface area contributed by atoms with Crippen LogP contribution in [0.4, 0.5) is 0 Å². The largest absolute Gasteiger partial charge is 0.490 e. The molecule has 2 aliphatic rings. The molecule has 0 heterocycles. The van der Waals surface area contributed by atoms with Crippen LogP contribution in [-0.4, -0.2) is 17.2 Å². The van der Waals surface area contributed by atoms with E-state index in [-0.39, 0.29) is 6.10 Å². The van der Waals surface area contributed by atoms with Crippen LogP contribution in [0.1, 0.15) is 49.7 Å². The number of hydrogen-bond donors (Lipinski definition) is 1. The molecule has 0 atom stereocenters. The van der Waals surface area contributed by atoms with E-state index in [1.807, 2.05) is 25.1 Å². The number of rotatable bonds is 4. The van der Waals surface area contributed by atoms with Gasteiger partial charge in [0.2, 0.25) is 0 Å². The maximum atomic E-state index is 11.6. The lowest BCUT2D eigenvalue weighted by Gasteiger charge is -2.21. The third-order valence-electron chi connectivity index (χ3n) is 4.47. The highest BCUT2D eigenvalue weighted by Gasteiger charge is 2.54. The third kappa shape index (κ3) is 2.11. The quantitative estimate of drug-likeness (QED) is 0.902. The summed E-state index contributed by atoms with van der Waals surface area (Å²) in [6, 6.07) is 5.88. The lowest BCUT2D eigenvalue weighted by Crippen LogP contribution is -2.23. The van der Waals surface area contributed by atoms with Crippen LogP contribution in [0.2, 0.25) is 0 Å². The van der Waals surface area contributed by atoms with Crippen molar-refractivity contribution in [2.24, 2.45) is 0 Å². The molecule has 2 fully saturated rings. The molecule has 1 aromatic carbocycles. The molecule has 0 amide bonds. The van der Waals surface area contributed by atoms with Crippen molar-refractivity contribution >= 4 is 5.97 Å². The van der Waals surface area contributed by atoms with Crippen LogP contribution in [0.15, 0.2) is 18.2 Å². The van der Waals surface area contributed by atoms with Crippen molar-refractivity contribution in [2.45, 2.75) is 57.0 Å². The van der Waals surface area contributed by atoms with Crippen molar-refractivity contribution in [1.29, 1.82) is 0 Å². The van der Waals surface area contributed by atoms with E-state index < -0.39 is 11.4 Å². The van der Waals surface area contributed by atoms with Gasteiger partial charge < -0.3 is 9.84 Å². The maximum Gasteiger partial charge on any atom is 0.314 e. The van der Waals surface area contributed by atoms with Crippen LogP contribution in [-0.2, 0) is 10.2 Å². The number of aryl methyl sites for hydroxylation is 1. The molecule has 0 aromatic heterocycles. The molecule has 102 valence electrons. The van der Waals surface area contributed by atoms with Crippen LogP contribution in [0, 0.1) is 6.92 Å². The van der Waals surface area contributed by atoms with Gasteiger partial charge in [0, 0.05) is 5.56 Å². The molecule has 1 N–H and O–H groups in total. The fraction of sp³-hybridized carbons (Fsp3) is 0.562. The second-order valence-corrected chi connectivity index (χ2v) is 5.86. The summed E-state index contributed by atoms with van der Waals surface area (Å²) < 4.78 is 6.10. The van der Waals surface area contributed by atoms with E-state index in [9.17, 15) is 9.90 Å². The molecule has 0 spiro atoms. The predicted octanol–water partition coefficient (Wildman–Crippen LogP) is 3.43.